The van der Waals surface area contributed by atoms with E-state index in [0.29, 0.717) is 11.8 Å². The van der Waals surface area contributed by atoms with Gasteiger partial charge in [0.1, 0.15) is 0 Å². The number of carbonyl (C=O) groups excluding carboxylic acids is 1. The van der Waals surface area contributed by atoms with E-state index in [9.17, 15) is 4.79 Å². The molecule has 0 heterocycles. The van der Waals surface area contributed by atoms with Crippen LogP contribution in [0.5, 0.6) is 0 Å². The van der Waals surface area contributed by atoms with Crippen LogP contribution in [0, 0.1) is 11.3 Å². The molecule has 1 saturated carbocycles. The standard InChI is InChI=1S/C14H20N2O/c1-9(17)16-11-6-4-5-10(7-11)13-12(8-15)14(13,2)3/h4-7,12-13H,8,15H2,1-3H3,(H,16,17)/t12-,13-/m0/s1. The lowest BCUT2D eigenvalue weighted by molar-refractivity contribution is -0.114. The second-order valence-corrected chi connectivity index (χ2v) is 5.45. The molecule has 2 atom stereocenters. The van der Waals surface area contributed by atoms with E-state index >= 15 is 0 Å². The molecule has 0 spiro atoms. The summed E-state index contributed by atoms with van der Waals surface area (Å²) >= 11 is 0. The van der Waals surface area contributed by atoms with Gasteiger partial charge in [-0.25, -0.2) is 0 Å². The number of benzene rings is 1. The molecule has 0 saturated heterocycles. The fraction of sp³-hybridized carbons (Fsp3) is 0.500. The molecule has 17 heavy (non-hydrogen) atoms. The van der Waals surface area contributed by atoms with Gasteiger partial charge in [-0.2, -0.15) is 0 Å². The minimum Gasteiger partial charge on any atom is -0.330 e. The first kappa shape index (κ1) is 12.1. The van der Waals surface area contributed by atoms with E-state index in [4.69, 9.17) is 5.73 Å². The van der Waals surface area contributed by atoms with Crippen LogP contribution in [0.25, 0.3) is 0 Å². The van der Waals surface area contributed by atoms with E-state index in [-0.39, 0.29) is 11.3 Å². The summed E-state index contributed by atoms with van der Waals surface area (Å²) in [5.41, 5.74) is 8.21. The van der Waals surface area contributed by atoms with Gasteiger partial charge in [-0.3, -0.25) is 4.79 Å². The van der Waals surface area contributed by atoms with E-state index in [1.807, 2.05) is 12.1 Å². The summed E-state index contributed by atoms with van der Waals surface area (Å²) in [6.07, 6.45) is 0. The molecule has 2 rings (SSSR count). The second kappa shape index (κ2) is 4.15. The maximum absolute atomic E-state index is 11.0. The molecular formula is C14H20N2O. The molecular weight excluding hydrogens is 212 g/mol. The van der Waals surface area contributed by atoms with Crippen molar-refractivity contribution in [3.8, 4) is 0 Å². The smallest absolute Gasteiger partial charge is 0.221 e. The molecule has 1 aromatic rings. The predicted octanol–water partition coefficient (Wildman–Crippen LogP) is 2.34. The van der Waals surface area contributed by atoms with Crippen LogP contribution in [-0.2, 0) is 4.79 Å². The highest BCUT2D eigenvalue weighted by molar-refractivity contribution is 5.88. The van der Waals surface area contributed by atoms with Gasteiger partial charge in [0.25, 0.3) is 0 Å². The van der Waals surface area contributed by atoms with Crippen molar-refractivity contribution < 1.29 is 4.79 Å². The molecule has 92 valence electrons. The van der Waals surface area contributed by atoms with Crippen LogP contribution in [0.4, 0.5) is 5.69 Å². The molecule has 1 amide bonds. The Morgan fingerprint density at radius 2 is 2.18 bits per heavy atom. The molecule has 3 N–H and O–H groups in total. The van der Waals surface area contributed by atoms with Crippen molar-refractivity contribution in [2.75, 3.05) is 11.9 Å². The lowest BCUT2D eigenvalue weighted by atomic mass is 10.0. The average molecular weight is 232 g/mol. The molecule has 3 nitrogen and oxygen atoms in total. The number of hydrogen-bond acceptors (Lipinski definition) is 2. The van der Waals surface area contributed by atoms with E-state index in [1.54, 1.807) is 0 Å². The molecule has 1 aliphatic rings. The van der Waals surface area contributed by atoms with Gasteiger partial charge in [0.2, 0.25) is 5.91 Å². The van der Waals surface area contributed by atoms with Gasteiger partial charge in [-0.1, -0.05) is 26.0 Å². The van der Waals surface area contributed by atoms with Crippen LogP contribution in [0.2, 0.25) is 0 Å². The molecule has 1 aromatic carbocycles. The van der Waals surface area contributed by atoms with E-state index in [0.717, 1.165) is 12.2 Å². The Kier molecular flexibility index (Phi) is 2.96. The highest BCUT2D eigenvalue weighted by Crippen LogP contribution is 2.63. The van der Waals surface area contributed by atoms with Crippen molar-refractivity contribution in [1.29, 1.82) is 0 Å². The number of nitrogens with one attached hydrogen (secondary N) is 1. The lowest BCUT2D eigenvalue weighted by Gasteiger charge is -2.06. The first-order valence-electron chi connectivity index (χ1n) is 6.04. The van der Waals surface area contributed by atoms with Crippen molar-refractivity contribution in [2.45, 2.75) is 26.7 Å². The zero-order valence-corrected chi connectivity index (χ0v) is 10.7. The van der Waals surface area contributed by atoms with Crippen LogP contribution in [0.1, 0.15) is 32.3 Å². The summed E-state index contributed by atoms with van der Waals surface area (Å²) in [7, 11) is 0. The van der Waals surface area contributed by atoms with E-state index in [2.05, 4.69) is 31.3 Å². The van der Waals surface area contributed by atoms with E-state index in [1.165, 1.54) is 12.5 Å². The SMILES string of the molecule is CC(=O)Nc1cccc([C@H]2[C@H](CN)C2(C)C)c1. The maximum atomic E-state index is 11.0. The Morgan fingerprint density at radius 3 is 2.71 bits per heavy atom. The molecule has 1 aliphatic carbocycles. The highest BCUT2D eigenvalue weighted by Gasteiger charge is 2.57. The Hall–Kier alpha value is -1.35. The van der Waals surface area contributed by atoms with Crippen molar-refractivity contribution in [1.82, 2.24) is 0 Å². The summed E-state index contributed by atoms with van der Waals surface area (Å²) in [5.74, 6) is 1.03. The van der Waals surface area contributed by atoms with Crippen LogP contribution in [0.3, 0.4) is 0 Å². The number of amides is 1. The van der Waals surface area contributed by atoms with Crippen LogP contribution >= 0.6 is 0 Å². The fourth-order valence-electron chi connectivity index (χ4n) is 2.86. The summed E-state index contributed by atoms with van der Waals surface area (Å²) in [4.78, 5) is 11.0. The lowest BCUT2D eigenvalue weighted by Crippen LogP contribution is -2.06. The minimum atomic E-state index is -0.0346. The van der Waals surface area contributed by atoms with Crippen molar-refractivity contribution >= 4 is 11.6 Å². The summed E-state index contributed by atoms with van der Waals surface area (Å²) in [5, 5.41) is 2.82. The Balaban J connectivity index is 2.20. The summed E-state index contributed by atoms with van der Waals surface area (Å²) in [6.45, 7) is 6.75. The van der Waals surface area contributed by atoms with Crippen LogP contribution in [-0.4, -0.2) is 12.5 Å². The number of carbonyl (C=O) groups is 1. The Morgan fingerprint density at radius 1 is 1.47 bits per heavy atom. The van der Waals surface area contributed by atoms with Crippen LogP contribution < -0.4 is 11.1 Å². The summed E-state index contributed by atoms with van der Waals surface area (Å²) in [6, 6.07) is 8.08. The quantitative estimate of drug-likeness (QED) is 0.840. The summed E-state index contributed by atoms with van der Waals surface area (Å²) < 4.78 is 0. The predicted molar refractivity (Wildman–Crippen MR) is 69.8 cm³/mol. The van der Waals surface area contributed by atoms with E-state index < -0.39 is 0 Å². The average Bonchev–Trinajstić information content (AvgIpc) is 2.79. The molecule has 0 aromatic heterocycles. The zero-order chi connectivity index (χ0) is 12.6. The Bertz CT molecular complexity index is 440. The fourth-order valence-corrected chi connectivity index (χ4v) is 2.86. The third kappa shape index (κ3) is 2.20. The second-order valence-electron chi connectivity index (χ2n) is 5.45. The van der Waals surface area contributed by atoms with Crippen LogP contribution in [0.15, 0.2) is 24.3 Å². The van der Waals surface area contributed by atoms with Gasteiger partial charge in [-0.15, -0.1) is 0 Å². The molecule has 1 fully saturated rings. The number of rotatable bonds is 3. The van der Waals surface area contributed by atoms with Gasteiger partial charge >= 0.3 is 0 Å². The topological polar surface area (TPSA) is 55.1 Å². The third-order valence-corrected chi connectivity index (χ3v) is 3.87. The number of anilines is 1. The number of hydrogen-bond donors (Lipinski definition) is 2. The maximum Gasteiger partial charge on any atom is 0.221 e. The third-order valence-electron chi connectivity index (χ3n) is 3.87. The van der Waals surface area contributed by atoms with Crippen molar-refractivity contribution in [3.05, 3.63) is 29.8 Å². The number of nitrogens with two attached hydrogens (primary N) is 1. The molecule has 0 aliphatic heterocycles. The van der Waals surface area contributed by atoms with Gasteiger partial charge in [-0.05, 0) is 41.5 Å². The molecule has 3 heteroatoms. The highest BCUT2D eigenvalue weighted by atomic mass is 16.1. The van der Waals surface area contributed by atoms with Crippen molar-refractivity contribution in [3.63, 3.8) is 0 Å². The zero-order valence-electron chi connectivity index (χ0n) is 10.7. The molecule has 0 unspecified atom stereocenters. The Labute approximate surface area is 102 Å². The first-order valence-corrected chi connectivity index (χ1v) is 6.04. The van der Waals surface area contributed by atoms with Gasteiger partial charge in [0.15, 0.2) is 0 Å². The van der Waals surface area contributed by atoms with Gasteiger partial charge in [0, 0.05) is 12.6 Å². The normalized spacial score (nSPS) is 25.4. The minimum absolute atomic E-state index is 0.0346. The largest absolute Gasteiger partial charge is 0.330 e. The van der Waals surface area contributed by atoms with Gasteiger partial charge in [0.05, 0.1) is 0 Å². The van der Waals surface area contributed by atoms with Gasteiger partial charge < -0.3 is 11.1 Å². The van der Waals surface area contributed by atoms with Crippen molar-refractivity contribution in [2.24, 2.45) is 17.1 Å². The molecule has 0 radical (unpaired) electrons. The first-order chi connectivity index (χ1) is 7.96. The molecule has 0 bridgehead atoms. The monoisotopic (exact) mass is 232 g/mol.